The van der Waals surface area contributed by atoms with Gasteiger partial charge < -0.3 is 15.6 Å². The predicted octanol–water partition coefficient (Wildman–Crippen LogP) is 6.67. The van der Waals surface area contributed by atoms with Gasteiger partial charge in [-0.15, -0.1) is 0 Å². The van der Waals surface area contributed by atoms with Crippen LogP contribution < -0.4 is 11.3 Å². The van der Waals surface area contributed by atoms with E-state index in [2.05, 4.69) is 69.1 Å². The van der Waals surface area contributed by atoms with Gasteiger partial charge in [-0.1, -0.05) is 88.4 Å². The van der Waals surface area contributed by atoms with Crippen LogP contribution in [0.3, 0.4) is 0 Å². The first-order chi connectivity index (χ1) is 18.2. The summed E-state index contributed by atoms with van der Waals surface area (Å²) in [5.41, 5.74) is 13.0. The Bertz CT molecular complexity index is 1390. The quantitative estimate of drug-likeness (QED) is 0.292. The number of rotatable bonds is 7. The fraction of sp³-hybridized carbons (Fsp3) is 0.273. The molecule has 0 radical (unpaired) electrons. The third-order valence-corrected chi connectivity index (χ3v) is 6.46. The number of benzene rings is 3. The number of nitrogens with one attached hydrogen (secondary N) is 1. The Morgan fingerprint density at radius 1 is 0.763 bits per heavy atom. The summed E-state index contributed by atoms with van der Waals surface area (Å²) in [4.78, 5) is 27.9. The number of pyridine rings is 1. The minimum absolute atomic E-state index is 0.00734. The molecule has 0 saturated heterocycles. The average molecular weight is 510 g/mol. The molecular formula is C33H39N3O2. The van der Waals surface area contributed by atoms with E-state index in [1.807, 2.05) is 42.5 Å². The number of amides is 1. The summed E-state index contributed by atoms with van der Waals surface area (Å²) in [6.07, 6.45) is 0. The van der Waals surface area contributed by atoms with Crippen molar-refractivity contribution >= 4 is 5.91 Å². The van der Waals surface area contributed by atoms with Crippen LogP contribution in [0.2, 0.25) is 0 Å². The van der Waals surface area contributed by atoms with Crippen LogP contribution in [-0.2, 0) is 0 Å². The number of hydrogen-bond donors (Lipinski definition) is 2. The molecule has 4 rings (SSSR count). The van der Waals surface area contributed by atoms with Gasteiger partial charge in [0.15, 0.2) is 0 Å². The molecule has 3 aromatic carbocycles. The maximum Gasteiger partial charge on any atom is 0.253 e. The van der Waals surface area contributed by atoms with E-state index < -0.39 is 0 Å². The topological polar surface area (TPSA) is 79.2 Å². The van der Waals surface area contributed by atoms with Crippen LogP contribution in [0.5, 0.6) is 0 Å². The molecule has 38 heavy (non-hydrogen) atoms. The Kier molecular flexibility index (Phi) is 10.2. The van der Waals surface area contributed by atoms with E-state index in [4.69, 9.17) is 5.73 Å². The Morgan fingerprint density at radius 3 is 1.87 bits per heavy atom. The van der Waals surface area contributed by atoms with Crippen molar-refractivity contribution in [2.24, 2.45) is 5.73 Å². The summed E-state index contributed by atoms with van der Waals surface area (Å²) in [6, 6.07) is 29.8. The Morgan fingerprint density at radius 2 is 1.32 bits per heavy atom. The smallest absolute Gasteiger partial charge is 0.253 e. The lowest BCUT2D eigenvalue weighted by atomic mass is 9.97. The van der Waals surface area contributed by atoms with Crippen molar-refractivity contribution in [3.8, 4) is 22.4 Å². The normalized spacial score (nSPS) is 10.7. The van der Waals surface area contributed by atoms with E-state index in [1.165, 1.54) is 22.8 Å². The zero-order chi connectivity index (χ0) is 27.7. The van der Waals surface area contributed by atoms with Gasteiger partial charge in [0.25, 0.3) is 5.91 Å². The maximum absolute atomic E-state index is 12.2. The summed E-state index contributed by atoms with van der Waals surface area (Å²) in [6.45, 7) is 9.74. The second-order valence-electron chi connectivity index (χ2n) is 10.1. The van der Waals surface area contributed by atoms with Gasteiger partial charge in [-0.05, 0) is 63.9 Å². The molecule has 5 nitrogen and oxygen atoms in total. The van der Waals surface area contributed by atoms with Crippen molar-refractivity contribution in [2.75, 3.05) is 20.1 Å². The first-order valence-electron chi connectivity index (χ1n) is 13.1. The number of likely N-dealkylation sites (N-methyl/N-ethyl adjacent to an activating group) is 1. The van der Waals surface area contributed by atoms with E-state index in [9.17, 15) is 9.59 Å². The van der Waals surface area contributed by atoms with Gasteiger partial charge in [-0.2, -0.15) is 0 Å². The Labute approximate surface area is 226 Å². The van der Waals surface area contributed by atoms with Gasteiger partial charge >= 0.3 is 0 Å². The number of aromatic nitrogens is 1. The fourth-order valence-corrected chi connectivity index (χ4v) is 4.08. The van der Waals surface area contributed by atoms with Crippen molar-refractivity contribution in [3.05, 3.63) is 118 Å². The van der Waals surface area contributed by atoms with Crippen molar-refractivity contribution in [2.45, 2.75) is 39.5 Å². The van der Waals surface area contributed by atoms with Crippen LogP contribution in [0.25, 0.3) is 22.4 Å². The van der Waals surface area contributed by atoms with Crippen LogP contribution >= 0.6 is 0 Å². The monoisotopic (exact) mass is 509 g/mol. The van der Waals surface area contributed by atoms with E-state index in [0.717, 1.165) is 16.8 Å². The molecule has 0 fully saturated rings. The van der Waals surface area contributed by atoms with Crippen molar-refractivity contribution < 1.29 is 4.79 Å². The molecule has 0 aliphatic heterocycles. The first kappa shape index (κ1) is 28.6. The Hall–Kier alpha value is -3.96. The minimum atomic E-state index is -0.0625. The molecule has 3 N–H and O–H groups in total. The molecule has 0 unspecified atom stereocenters. The molecule has 1 aromatic heterocycles. The van der Waals surface area contributed by atoms with Gasteiger partial charge in [0, 0.05) is 37.5 Å². The Balaban J connectivity index is 0.000000221. The number of H-pyrrole nitrogens is 1. The summed E-state index contributed by atoms with van der Waals surface area (Å²) in [5, 5.41) is 0. The van der Waals surface area contributed by atoms with Crippen LogP contribution in [-0.4, -0.2) is 35.9 Å². The average Bonchev–Trinajstić information content (AvgIpc) is 2.93. The lowest BCUT2D eigenvalue weighted by Gasteiger charge is -2.16. The molecule has 0 bridgehead atoms. The van der Waals surface area contributed by atoms with E-state index in [-0.39, 0.29) is 11.5 Å². The number of nitrogens with zero attached hydrogens (tertiary/aromatic N) is 1. The highest BCUT2D eigenvalue weighted by Crippen LogP contribution is 2.25. The van der Waals surface area contributed by atoms with Crippen LogP contribution in [0, 0.1) is 0 Å². The van der Waals surface area contributed by atoms with Gasteiger partial charge in [0.2, 0.25) is 5.56 Å². The van der Waals surface area contributed by atoms with Gasteiger partial charge in [0.05, 0.1) is 0 Å². The van der Waals surface area contributed by atoms with Crippen molar-refractivity contribution in [1.29, 1.82) is 0 Å². The van der Waals surface area contributed by atoms with E-state index in [1.54, 1.807) is 18.0 Å². The molecule has 1 amide bonds. The van der Waals surface area contributed by atoms with Gasteiger partial charge in [-0.3, -0.25) is 9.59 Å². The van der Waals surface area contributed by atoms with Crippen LogP contribution in [0.4, 0.5) is 0 Å². The number of carbonyl (C=O) groups is 1. The predicted molar refractivity (Wildman–Crippen MR) is 159 cm³/mol. The number of hydrogen-bond acceptors (Lipinski definition) is 3. The zero-order valence-electron chi connectivity index (χ0n) is 23.1. The minimum Gasteiger partial charge on any atom is -0.340 e. The van der Waals surface area contributed by atoms with Gasteiger partial charge in [0.1, 0.15) is 0 Å². The van der Waals surface area contributed by atoms with Crippen molar-refractivity contribution in [1.82, 2.24) is 9.88 Å². The summed E-state index contributed by atoms with van der Waals surface area (Å²) < 4.78 is 0. The van der Waals surface area contributed by atoms with E-state index >= 15 is 0 Å². The molecule has 5 heteroatoms. The summed E-state index contributed by atoms with van der Waals surface area (Å²) in [7, 11) is 1.77. The molecule has 4 aromatic rings. The number of nitrogens with two attached hydrogens (primary N) is 1. The zero-order valence-corrected chi connectivity index (χ0v) is 23.1. The number of aromatic amines is 1. The second kappa shape index (κ2) is 13.5. The SMILES string of the molecule is CC(C)c1cccc(-c2ccc(C(=O)N(C)CCN)cc2)c1.CC(C)c1cccc(-c2cccc(=O)[nH]2)c1. The standard InChI is InChI=1S/C19H24N2O.C14H15NO/c1-14(2)17-5-4-6-18(13-17)15-7-9-16(10-8-15)19(22)21(3)12-11-20;1-10(2)11-5-3-6-12(9-11)13-7-4-8-14(16)15-13/h4-10,13-14H,11-12,20H2,1-3H3;3-10H,1-2H3,(H,15,16). The molecule has 0 spiro atoms. The molecule has 0 atom stereocenters. The first-order valence-corrected chi connectivity index (χ1v) is 13.1. The molecule has 198 valence electrons. The molecule has 0 saturated carbocycles. The third kappa shape index (κ3) is 7.77. The van der Waals surface area contributed by atoms with Crippen LogP contribution in [0.15, 0.2) is 95.8 Å². The highest BCUT2D eigenvalue weighted by atomic mass is 16.2. The highest BCUT2D eigenvalue weighted by Gasteiger charge is 2.11. The second-order valence-corrected chi connectivity index (χ2v) is 10.1. The number of carbonyl (C=O) groups excluding carboxylic acids is 1. The fourth-order valence-electron chi connectivity index (χ4n) is 4.08. The molecule has 0 aliphatic rings. The summed E-state index contributed by atoms with van der Waals surface area (Å²) >= 11 is 0. The molecule has 1 heterocycles. The van der Waals surface area contributed by atoms with E-state index in [0.29, 0.717) is 30.5 Å². The van der Waals surface area contributed by atoms with Crippen LogP contribution in [0.1, 0.15) is 61.0 Å². The highest BCUT2D eigenvalue weighted by molar-refractivity contribution is 5.94. The molecular weight excluding hydrogens is 470 g/mol. The summed E-state index contributed by atoms with van der Waals surface area (Å²) in [5.74, 6) is 1.01. The van der Waals surface area contributed by atoms with Crippen molar-refractivity contribution in [3.63, 3.8) is 0 Å². The van der Waals surface area contributed by atoms with Gasteiger partial charge in [-0.25, -0.2) is 0 Å². The largest absolute Gasteiger partial charge is 0.340 e. The lowest BCUT2D eigenvalue weighted by molar-refractivity contribution is 0.0799. The third-order valence-electron chi connectivity index (χ3n) is 6.46. The maximum atomic E-state index is 12.2. The molecule has 0 aliphatic carbocycles. The lowest BCUT2D eigenvalue weighted by Crippen LogP contribution is -2.31.